The number of likely N-dealkylation sites (N-methyl/N-ethyl adjacent to an activating group) is 1. The van der Waals surface area contributed by atoms with Crippen molar-refractivity contribution >= 4 is 0 Å². The van der Waals surface area contributed by atoms with Crippen molar-refractivity contribution in [1.29, 1.82) is 0 Å². The third-order valence-corrected chi connectivity index (χ3v) is 4.67. The van der Waals surface area contributed by atoms with Gasteiger partial charge in [-0.1, -0.05) is 0 Å². The number of hydrogen-bond donors (Lipinski definition) is 1. The Morgan fingerprint density at radius 2 is 1.59 bits per heavy atom. The Kier molecular flexibility index (Phi) is 6.92. The van der Waals surface area contributed by atoms with E-state index in [9.17, 15) is 13.2 Å². The van der Waals surface area contributed by atoms with E-state index in [4.69, 9.17) is 0 Å². The zero-order valence-electron chi connectivity index (χ0n) is 13.5. The van der Waals surface area contributed by atoms with Crippen molar-refractivity contribution < 1.29 is 13.2 Å². The first-order valence-corrected chi connectivity index (χ1v) is 8.36. The number of nitrogens with zero attached hydrogens (tertiary/aromatic N) is 3. The molecule has 0 aromatic carbocycles. The molecular weight excluding hydrogens is 293 g/mol. The first kappa shape index (κ1) is 18.0. The molecule has 130 valence electrons. The molecule has 2 aliphatic heterocycles. The van der Waals surface area contributed by atoms with Crippen LogP contribution in [-0.4, -0.2) is 92.9 Å². The van der Waals surface area contributed by atoms with Gasteiger partial charge in [-0.15, -0.1) is 0 Å². The second-order valence-electron chi connectivity index (χ2n) is 6.62. The van der Waals surface area contributed by atoms with E-state index in [1.807, 2.05) is 0 Å². The molecule has 0 saturated carbocycles. The van der Waals surface area contributed by atoms with Crippen LogP contribution in [0.1, 0.15) is 19.3 Å². The Hall–Kier alpha value is -0.370. The molecule has 2 aliphatic rings. The fourth-order valence-electron chi connectivity index (χ4n) is 3.23. The molecule has 0 unspecified atom stereocenters. The van der Waals surface area contributed by atoms with Crippen LogP contribution in [0.15, 0.2) is 0 Å². The fourth-order valence-corrected chi connectivity index (χ4v) is 3.23. The number of nitrogens with one attached hydrogen (secondary N) is 1. The molecule has 2 saturated heterocycles. The van der Waals surface area contributed by atoms with Crippen LogP contribution in [0.25, 0.3) is 0 Å². The quantitative estimate of drug-likeness (QED) is 0.743. The standard InChI is InChI=1S/C15H29F3N4/c1-20-9-11-21(12-10-20)6-2-5-19-14-3-7-22(8-4-14)13-15(16,17)18/h14,19H,2-13H2,1H3. The minimum atomic E-state index is -4.07. The Morgan fingerprint density at radius 3 is 2.18 bits per heavy atom. The Balaban J connectivity index is 1.50. The first-order valence-electron chi connectivity index (χ1n) is 8.36. The molecule has 0 bridgehead atoms. The largest absolute Gasteiger partial charge is 0.401 e. The highest BCUT2D eigenvalue weighted by Crippen LogP contribution is 2.19. The van der Waals surface area contributed by atoms with Crippen LogP contribution in [0, 0.1) is 0 Å². The van der Waals surface area contributed by atoms with Crippen LogP contribution in [-0.2, 0) is 0 Å². The van der Waals surface area contributed by atoms with Crippen molar-refractivity contribution in [2.45, 2.75) is 31.5 Å². The number of halogens is 3. The SMILES string of the molecule is CN1CCN(CCCNC2CCN(CC(F)(F)F)CC2)CC1. The molecule has 0 amide bonds. The average molecular weight is 322 g/mol. The molecule has 4 nitrogen and oxygen atoms in total. The summed E-state index contributed by atoms with van der Waals surface area (Å²) in [5.74, 6) is 0. The van der Waals surface area contributed by atoms with Gasteiger partial charge in [0.25, 0.3) is 0 Å². The van der Waals surface area contributed by atoms with Gasteiger partial charge in [-0.05, 0) is 52.5 Å². The molecule has 22 heavy (non-hydrogen) atoms. The van der Waals surface area contributed by atoms with Crippen LogP contribution in [0.5, 0.6) is 0 Å². The predicted molar refractivity (Wildman–Crippen MR) is 82.1 cm³/mol. The normalized spacial score (nSPS) is 24.0. The van der Waals surface area contributed by atoms with E-state index in [-0.39, 0.29) is 0 Å². The molecule has 2 rings (SSSR count). The van der Waals surface area contributed by atoms with Gasteiger partial charge in [-0.2, -0.15) is 13.2 Å². The van der Waals surface area contributed by atoms with E-state index in [0.717, 1.165) is 58.5 Å². The van der Waals surface area contributed by atoms with Crippen LogP contribution in [0.2, 0.25) is 0 Å². The summed E-state index contributed by atoms with van der Waals surface area (Å²) in [6, 6.07) is 0.386. The lowest BCUT2D eigenvalue weighted by Crippen LogP contribution is -2.47. The molecule has 2 fully saturated rings. The molecule has 0 spiro atoms. The number of hydrogen-bond acceptors (Lipinski definition) is 4. The zero-order chi connectivity index (χ0) is 16.0. The van der Waals surface area contributed by atoms with Gasteiger partial charge >= 0.3 is 6.18 Å². The zero-order valence-corrected chi connectivity index (χ0v) is 13.5. The second-order valence-corrected chi connectivity index (χ2v) is 6.62. The minimum absolute atomic E-state index is 0.386. The molecule has 1 N–H and O–H groups in total. The lowest BCUT2D eigenvalue weighted by Gasteiger charge is -2.34. The molecule has 0 radical (unpaired) electrons. The summed E-state index contributed by atoms with van der Waals surface area (Å²) in [6.07, 6.45) is -1.30. The van der Waals surface area contributed by atoms with Crippen molar-refractivity contribution in [1.82, 2.24) is 20.0 Å². The van der Waals surface area contributed by atoms with Gasteiger partial charge in [0, 0.05) is 32.2 Å². The van der Waals surface area contributed by atoms with Gasteiger partial charge in [0.2, 0.25) is 0 Å². The Morgan fingerprint density at radius 1 is 0.955 bits per heavy atom. The summed E-state index contributed by atoms with van der Waals surface area (Å²) in [6.45, 7) is 7.01. The first-order chi connectivity index (χ1) is 10.4. The lowest BCUT2D eigenvalue weighted by atomic mass is 10.0. The smallest absolute Gasteiger partial charge is 0.314 e. The van der Waals surface area contributed by atoms with Crippen LogP contribution in [0.3, 0.4) is 0 Å². The van der Waals surface area contributed by atoms with Gasteiger partial charge in [0.05, 0.1) is 6.54 Å². The minimum Gasteiger partial charge on any atom is -0.314 e. The third-order valence-electron chi connectivity index (χ3n) is 4.67. The number of rotatable bonds is 6. The van der Waals surface area contributed by atoms with Crippen LogP contribution in [0.4, 0.5) is 13.2 Å². The summed E-state index contributed by atoms with van der Waals surface area (Å²) in [5.41, 5.74) is 0. The molecule has 0 aromatic heterocycles. The number of likely N-dealkylation sites (tertiary alicyclic amines) is 1. The maximum atomic E-state index is 12.3. The number of piperidine rings is 1. The lowest BCUT2D eigenvalue weighted by molar-refractivity contribution is -0.148. The van der Waals surface area contributed by atoms with Gasteiger partial charge < -0.3 is 15.1 Å². The molecule has 2 heterocycles. The van der Waals surface area contributed by atoms with Crippen molar-refractivity contribution in [2.75, 3.05) is 66.0 Å². The van der Waals surface area contributed by atoms with Gasteiger partial charge in [0.1, 0.15) is 0 Å². The molecule has 7 heteroatoms. The van der Waals surface area contributed by atoms with E-state index in [1.54, 1.807) is 0 Å². The maximum absolute atomic E-state index is 12.3. The third kappa shape index (κ3) is 6.81. The highest BCUT2D eigenvalue weighted by molar-refractivity contribution is 4.78. The summed E-state index contributed by atoms with van der Waals surface area (Å²) >= 11 is 0. The topological polar surface area (TPSA) is 21.8 Å². The maximum Gasteiger partial charge on any atom is 0.401 e. The average Bonchev–Trinajstić information content (AvgIpc) is 2.45. The van der Waals surface area contributed by atoms with Crippen molar-refractivity contribution in [2.24, 2.45) is 0 Å². The molecule has 0 aliphatic carbocycles. The van der Waals surface area contributed by atoms with E-state index < -0.39 is 12.7 Å². The van der Waals surface area contributed by atoms with Gasteiger partial charge in [-0.25, -0.2) is 0 Å². The summed E-state index contributed by atoms with van der Waals surface area (Å²) in [4.78, 5) is 6.36. The van der Waals surface area contributed by atoms with Crippen LogP contribution < -0.4 is 5.32 Å². The monoisotopic (exact) mass is 322 g/mol. The molecule has 0 aromatic rings. The predicted octanol–water partition coefficient (Wildman–Crippen LogP) is 1.24. The number of piperazine rings is 1. The van der Waals surface area contributed by atoms with Crippen molar-refractivity contribution in [3.63, 3.8) is 0 Å². The van der Waals surface area contributed by atoms with Crippen LogP contribution >= 0.6 is 0 Å². The van der Waals surface area contributed by atoms with Gasteiger partial charge in [-0.3, -0.25) is 4.90 Å². The van der Waals surface area contributed by atoms with E-state index in [0.29, 0.717) is 19.1 Å². The fraction of sp³-hybridized carbons (Fsp3) is 1.00. The number of alkyl halides is 3. The Labute approximate surface area is 131 Å². The van der Waals surface area contributed by atoms with E-state index in [2.05, 4.69) is 22.2 Å². The summed E-state index contributed by atoms with van der Waals surface area (Å²) < 4.78 is 37.0. The highest BCUT2D eigenvalue weighted by atomic mass is 19.4. The van der Waals surface area contributed by atoms with Crippen molar-refractivity contribution in [3.05, 3.63) is 0 Å². The second kappa shape index (κ2) is 8.47. The van der Waals surface area contributed by atoms with Crippen molar-refractivity contribution in [3.8, 4) is 0 Å². The van der Waals surface area contributed by atoms with Gasteiger partial charge in [0.15, 0.2) is 0 Å². The highest BCUT2D eigenvalue weighted by Gasteiger charge is 2.32. The molecule has 0 atom stereocenters. The summed E-state index contributed by atoms with van der Waals surface area (Å²) in [7, 11) is 2.16. The Bertz CT molecular complexity index is 308. The molecular formula is C15H29F3N4. The summed E-state index contributed by atoms with van der Waals surface area (Å²) in [5, 5.41) is 3.51. The van der Waals surface area contributed by atoms with E-state index >= 15 is 0 Å². The van der Waals surface area contributed by atoms with E-state index in [1.165, 1.54) is 4.90 Å².